The normalized spacial score (nSPS) is 9.67. The Morgan fingerprint density at radius 3 is 2.28 bits per heavy atom. The van der Waals surface area contributed by atoms with Crippen LogP contribution in [0.3, 0.4) is 0 Å². The molecule has 98 valence electrons. The summed E-state index contributed by atoms with van der Waals surface area (Å²) in [6.07, 6.45) is 0. The average molecular weight is 251 g/mol. The zero-order valence-electron chi connectivity index (χ0n) is 10.4. The Hall–Kier alpha value is -2.24. The Morgan fingerprint density at radius 1 is 1.17 bits per heavy atom. The highest BCUT2D eigenvalue weighted by atomic mass is 16.4. The van der Waals surface area contributed by atoms with Crippen molar-refractivity contribution < 1.29 is 14.7 Å². The summed E-state index contributed by atoms with van der Waals surface area (Å²) in [7, 11) is 3.35. The van der Waals surface area contributed by atoms with Gasteiger partial charge in [-0.25, -0.2) is 9.59 Å². The minimum Gasteiger partial charge on any atom is -0.478 e. The van der Waals surface area contributed by atoms with Crippen molar-refractivity contribution in [2.24, 2.45) is 0 Å². The van der Waals surface area contributed by atoms with E-state index < -0.39 is 5.97 Å². The molecule has 0 fully saturated rings. The van der Waals surface area contributed by atoms with Crippen molar-refractivity contribution in [2.75, 3.05) is 32.5 Å². The number of nitrogens with zero attached hydrogens (tertiary/aromatic N) is 1. The predicted molar refractivity (Wildman–Crippen MR) is 69.0 cm³/mol. The molecular formula is C12H17N3O3. The van der Waals surface area contributed by atoms with E-state index in [-0.39, 0.29) is 11.6 Å². The lowest BCUT2D eigenvalue weighted by atomic mass is 10.2. The van der Waals surface area contributed by atoms with Crippen LogP contribution in [0.5, 0.6) is 0 Å². The standard InChI is InChI=1S/C12H17N3O3/c1-15(2)12(18)14-8-7-13-10-5-3-9(4-6-10)11(16)17/h3-6,13H,7-8H2,1-2H3,(H,14,18)(H,16,17). The lowest BCUT2D eigenvalue weighted by molar-refractivity contribution is 0.0697. The SMILES string of the molecule is CN(C)C(=O)NCCNc1ccc(C(=O)O)cc1. The number of rotatable bonds is 5. The summed E-state index contributed by atoms with van der Waals surface area (Å²) >= 11 is 0. The Morgan fingerprint density at radius 2 is 1.78 bits per heavy atom. The van der Waals surface area contributed by atoms with Crippen molar-refractivity contribution in [3.05, 3.63) is 29.8 Å². The van der Waals surface area contributed by atoms with Gasteiger partial charge in [0.15, 0.2) is 0 Å². The Labute approximate surface area is 106 Å². The van der Waals surface area contributed by atoms with E-state index in [1.165, 1.54) is 17.0 Å². The molecule has 2 amide bonds. The van der Waals surface area contributed by atoms with Gasteiger partial charge in [-0.05, 0) is 24.3 Å². The van der Waals surface area contributed by atoms with E-state index in [2.05, 4.69) is 10.6 Å². The maximum absolute atomic E-state index is 11.2. The molecule has 0 spiro atoms. The van der Waals surface area contributed by atoms with Crippen LogP contribution in [0.2, 0.25) is 0 Å². The highest BCUT2D eigenvalue weighted by molar-refractivity contribution is 5.88. The van der Waals surface area contributed by atoms with Gasteiger partial charge < -0.3 is 20.6 Å². The number of hydrogen-bond donors (Lipinski definition) is 3. The number of nitrogens with one attached hydrogen (secondary N) is 2. The van der Waals surface area contributed by atoms with E-state index in [0.717, 1.165) is 5.69 Å². The number of carboxylic acids is 1. The molecule has 1 aromatic rings. The van der Waals surface area contributed by atoms with Gasteiger partial charge in [0.05, 0.1) is 5.56 Å². The van der Waals surface area contributed by atoms with Crippen molar-refractivity contribution >= 4 is 17.7 Å². The number of carbonyl (C=O) groups excluding carboxylic acids is 1. The van der Waals surface area contributed by atoms with Gasteiger partial charge in [-0.15, -0.1) is 0 Å². The molecule has 0 heterocycles. The van der Waals surface area contributed by atoms with Gasteiger partial charge in [0, 0.05) is 32.9 Å². The third-order valence-electron chi connectivity index (χ3n) is 2.27. The third kappa shape index (κ3) is 4.32. The molecule has 0 saturated carbocycles. The van der Waals surface area contributed by atoms with E-state index >= 15 is 0 Å². The Kier molecular flexibility index (Phi) is 4.98. The topological polar surface area (TPSA) is 81.7 Å². The van der Waals surface area contributed by atoms with Crippen molar-refractivity contribution in [3.63, 3.8) is 0 Å². The van der Waals surface area contributed by atoms with E-state index in [1.807, 2.05) is 0 Å². The molecule has 0 aromatic heterocycles. The number of hydrogen-bond acceptors (Lipinski definition) is 3. The molecule has 0 unspecified atom stereocenters. The summed E-state index contributed by atoms with van der Waals surface area (Å²) in [4.78, 5) is 23.3. The summed E-state index contributed by atoms with van der Waals surface area (Å²) < 4.78 is 0. The number of carboxylic acid groups (broad SMARTS) is 1. The zero-order valence-corrected chi connectivity index (χ0v) is 10.4. The van der Waals surface area contributed by atoms with Crippen LogP contribution in [0.25, 0.3) is 0 Å². The molecule has 0 atom stereocenters. The van der Waals surface area contributed by atoms with Gasteiger partial charge in [-0.1, -0.05) is 0 Å². The van der Waals surface area contributed by atoms with Gasteiger partial charge in [0.2, 0.25) is 0 Å². The van der Waals surface area contributed by atoms with E-state index in [0.29, 0.717) is 13.1 Å². The fourth-order valence-electron chi connectivity index (χ4n) is 1.27. The largest absolute Gasteiger partial charge is 0.478 e. The highest BCUT2D eigenvalue weighted by Gasteiger charge is 2.02. The first-order valence-corrected chi connectivity index (χ1v) is 5.53. The number of benzene rings is 1. The van der Waals surface area contributed by atoms with Crippen molar-refractivity contribution in [1.29, 1.82) is 0 Å². The summed E-state index contributed by atoms with van der Waals surface area (Å²) in [5, 5.41) is 14.5. The molecule has 0 radical (unpaired) electrons. The summed E-state index contributed by atoms with van der Waals surface area (Å²) in [5.74, 6) is -0.945. The van der Waals surface area contributed by atoms with Crippen molar-refractivity contribution in [1.82, 2.24) is 10.2 Å². The predicted octanol–water partition coefficient (Wildman–Crippen LogP) is 1.07. The smallest absolute Gasteiger partial charge is 0.335 e. The Balaban J connectivity index is 2.31. The minimum absolute atomic E-state index is 0.141. The van der Waals surface area contributed by atoms with Gasteiger partial charge in [-0.3, -0.25) is 0 Å². The molecule has 0 aliphatic heterocycles. The maximum atomic E-state index is 11.2. The lowest BCUT2D eigenvalue weighted by Gasteiger charge is -2.12. The first-order chi connectivity index (χ1) is 8.50. The summed E-state index contributed by atoms with van der Waals surface area (Å²) in [5.41, 5.74) is 1.07. The molecule has 0 saturated heterocycles. The third-order valence-corrected chi connectivity index (χ3v) is 2.27. The number of aromatic carboxylic acids is 1. The van der Waals surface area contributed by atoms with E-state index in [9.17, 15) is 9.59 Å². The number of urea groups is 1. The Bertz CT molecular complexity index is 415. The molecular weight excluding hydrogens is 234 g/mol. The maximum Gasteiger partial charge on any atom is 0.335 e. The first kappa shape index (κ1) is 13.8. The molecule has 6 heteroatoms. The van der Waals surface area contributed by atoms with Gasteiger partial charge in [-0.2, -0.15) is 0 Å². The zero-order chi connectivity index (χ0) is 13.5. The molecule has 0 bridgehead atoms. The number of carbonyl (C=O) groups is 2. The monoisotopic (exact) mass is 251 g/mol. The van der Waals surface area contributed by atoms with Crippen LogP contribution in [0.4, 0.5) is 10.5 Å². The average Bonchev–Trinajstić information content (AvgIpc) is 2.34. The fraction of sp³-hybridized carbons (Fsp3) is 0.333. The summed E-state index contributed by atoms with van der Waals surface area (Å²) in [6.45, 7) is 1.07. The lowest BCUT2D eigenvalue weighted by Crippen LogP contribution is -2.37. The van der Waals surface area contributed by atoms with Crippen LogP contribution in [0.15, 0.2) is 24.3 Å². The van der Waals surface area contributed by atoms with Crippen molar-refractivity contribution in [3.8, 4) is 0 Å². The second-order valence-corrected chi connectivity index (χ2v) is 3.94. The quantitative estimate of drug-likeness (QED) is 0.684. The molecule has 0 aliphatic carbocycles. The van der Waals surface area contributed by atoms with Gasteiger partial charge >= 0.3 is 12.0 Å². The molecule has 18 heavy (non-hydrogen) atoms. The second-order valence-electron chi connectivity index (χ2n) is 3.94. The van der Waals surface area contributed by atoms with Gasteiger partial charge in [0.25, 0.3) is 0 Å². The number of anilines is 1. The van der Waals surface area contributed by atoms with Crippen molar-refractivity contribution in [2.45, 2.75) is 0 Å². The summed E-state index contributed by atoms with van der Waals surface area (Å²) in [6, 6.07) is 6.30. The molecule has 6 nitrogen and oxygen atoms in total. The highest BCUT2D eigenvalue weighted by Crippen LogP contribution is 2.08. The van der Waals surface area contributed by atoms with Crippen LogP contribution in [-0.2, 0) is 0 Å². The fourth-order valence-corrected chi connectivity index (χ4v) is 1.27. The molecule has 1 aromatic carbocycles. The van der Waals surface area contributed by atoms with Crippen LogP contribution >= 0.6 is 0 Å². The van der Waals surface area contributed by atoms with E-state index in [4.69, 9.17) is 5.11 Å². The van der Waals surface area contributed by atoms with Gasteiger partial charge in [0.1, 0.15) is 0 Å². The van der Waals surface area contributed by atoms with Crippen LogP contribution < -0.4 is 10.6 Å². The first-order valence-electron chi connectivity index (χ1n) is 5.53. The second kappa shape index (κ2) is 6.48. The molecule has 3 N–H and O–H groups in total. The van der Waals surface area contributed by atoms with Crippen LogP contribution in [0, 0.1) is 0 Å². The minimum atomic E-state index is -0.945. The molecule has 1 rings (SSSR count). The number of amides is 2. The van der Waals surface area contributed by atoms with E-state index in [1.54, 1.807) is 26.2 Å². The van der Waals surface area contributed by atoms with Crippen LogP contribution in [0.1, 0.15) is 10.4 Å². The van der Waals surface area contributed by atoms with Crippen LogP contribution in [-0.4, -0.2) is 49.2 Å². The molecule has 0 aliphatic rings.